The number of rotatable bonds is 1. The lowest BCUT2D eigenvalue weighted by molar-refractivity contribution is -0.123. The molecule has 0 radical (unpaired) electrons. The molecule has 0 amide bonds. The summed E-state index contributed by atoms with van der Waals surface area (Å²) in [4.78, 5) is 11.0. The van der Waals surface area contributed by atoms with E-state index in [1.165, 1.54) is 0 Å². The fourth-order valence-corrected chi connectivity index (χ4v) is 1.50. The van der Waals surface area contributed by atoms with Crippen LogP contribution in [0.5, 0.6) is 0 Å². The van der Waals surface area contributed by atoms with Gasteiger partial charge in [-0.05, 0) is 13.3 Å². The molecular formula is C9H14O2. The molecule has 1 aliphatic rings. The molecule has 1 fully saturated rings. The molecule has 0 heterocycles. The molecule has 2 heteroatoms. The predicted octanol–water partition coefficient (Wildman–Crippen LogP) is 1.29. The molecular weight excluding hydrogens is 140 g/mol. The largest absolute Gasteiger partial charge is 0.392 e. The lowest BCUT2D eigenvalue weighted by Gasteiger charge is -2.26. The summed E-state index contributed by atoms with van der Waals surface area (Å²) in [6, 6.07) is 0. The van der Waals surface area contributed by atoms with Crippen LogP contribution in [0.2, 0.25) is 0 Å². The minimum Gasteiger partial charge on any atom is -0.392 e. The van der Waals surface area contributed by atoms with Gasteiger partial charge >= 0.3 is 0 Å². The molecule has 0 aliphatic heterocycles. The van der Waals surface area contributed by atoms with E-state index in [0.717, 1.165) is 5.57 Å². The average Bonchev–Trinajstić information content (AvgIpc) is 1.94. The topological polar surface area (TPSA) is 37.3 Å². The fraction of sp³-hybridized carbons (Fsp3) is 0.667. The van der Waals surface area contributed by atoms with Gasteiger partial charge in [-0.2, -0.15) is 0 Å². The SMILES string of the molecule is C=C(C)C1CC(=O)CCC1O. The number of ketones is 1. The number of hydrogen-bond donors (Lipinski definition) is 1. The van der Waals surface area contributed by atoms with Gasteiger partial charge in [-0.3, -0.25) is 4.79 Å². The summed E-state index contributed by atoms with van der Waals surface area (Å²) in [5.41, 5.74) is 0.922. The Morgan fingerprint density at radius 3 is 2.82 bits per heavy atom. The van der Waals surface area contributed by atoms with E-state index in [1.54, 1.807) is 0 Å². The van der Waals surface area contributed by atoms with E-state index < -0.39 is 0 Å². The monoisotopic (exact) mass is 154 g/mol. The van der Waals surface area contributed by atoms with Crippen molar-refractivity contribution < 1.29 is 9.90 Å². The van der Waals surface area contributed by atoms with Gasteiger partial charge in [0, 0.05) is 18.8 Å². The fourth-order valence-electron chi connectivity index (χ4n) is 1.50. The van der Waals surface area contributed by atoms with Crippen molar-refractivity contribution in [2.24, 2.45) is 5.92 Å². The maximum Gasteiger partial charge on any atom is 0.133 e. The Labute approximate surface area is 66.9 Å². The van der Waals surface area contributed by atoms with Crippen molar-refractivity contribution in [1.29, 1.82) is 0 Å². The minimum atomic E-state index is -0.342. The van der Waals surface area contributed by atoms with Crippen LogP contribution in [0, 0.1) is 5.92 Å². The molecule has 1 saturated carbocycles. The standard InChI is InChI=1S/C9H14O2/c1-6(2)8-5-7(10)3-4-9(8)11/h8-9,11H,1,3-5H2,2H3. The lowest BCUT2D eigenvalue weighted by Crippen LogP contribution is -2.29. The summed E-state index contributed by atoms with van der Waals surface area (Å²) in [7, 11) is 0. The molecule has 1 rings (SSSR count). The van der Waals surface area contributed by atoms with E-state index in [0.29, 0.717) is 19.3 Å². The number of hydrogen-bond acceptors (Lipinski definition) is 2. The first-order valence-electron chi connectivity index (χ1n) is 3.96. The van der Waals surface area contributed by atoms with E-state index in [9.17, 15) is 9.90 Å². The van der Waals surface area contributed by atoms with E-state index in [2.05, 4.69) is 6.58 Å². The van der Waals surface area contributed by atoms with Crippen LogP contribution in [0.3, 0.4) is 0 Å². The van der Waals surface area contributed by atoms with E-state index in [4.69, 9.17) is 0 Å². The van der Waals surface area contributed by atoms with Crippen LogP contribution in [0.4, 0.5) is 0 Å². The van der Waals surface area contributed by atoms with Crippen molar-refractivity contribution in [2.75, 3.05) is 0 Å². The lowest BCUT2D eigenvalue weighted by atomic mass is 9.82. The number of aliphatic hydroxyl groups excluding tert-OH is 1. The number of carbonyl (C=O) groups excluding carboxylic acids is 1. The number of carbonyl (C=O) groups is 1. The molecule has 62 valence electrons. The van der Waals surface area contributed by atoms with Crippen LogP contribution in [-0.2, 0) is 4.79 Å². The number of aliphatic hydroxyl groups is 1. The van der Waals surface area contributed by atoms with Crippen LogP contribution in [-0.4, -0.2) is 17.0 Å². The second-order valence-corrected chi connectivity index (χ2v) is 3.30. The van der Waals surface area contributed by atoms with Gasteiger partial charge in [-0.25, -0.2) is 0 Å². The van der Waals surface area contributed by atoms with Crippen molar-refractivity contribution in [3.05, 3.63) is 12.2 Å². The van der Waals surface area contributed by atoms with Crippen molar-refractivity contribution in [3.8, 4) is 0 Å². The second-order valence-electron chi connectivity index (χ2n) is 3.30. The third kappa shape index (κ3) is 1.90. The molecule has 1 N–H and O–H groups in total. The third-order valence-corrected chi connectivity index (χ3v) is 2.26. The normalized spacial score (nSPS) is 32.0. The van der Waals surface area contributed by atoms with E-state index >= 15 is 0 Å². The molecule has 0 spiro atoms. The number of Topliss-reactive ketones (excluding diaryl/α,β-unsaturated/α-hetero) is 1. The van der Waals surface area contributed by atoms with Gasteiger partial charge in [0.15, 0.2) is 0 Å². The van der Waals surface area contributed by atoms with Gasteiger partial charge in [0.25, 0.3) is 0 Å². The van der Waals surface area contributed by atoms with Gasteiger partial charge in [0.2, 0.25) is 0 Å². The van der Waals surface area contributed by atoms with Crippen molar-refractivity contribution in [3.63, 3.8) is 0 Å². The highest BCUT2D eigenvalue weighted by Crippen LogP contribution is 2.26. The zero-order valence-corrected chi connectivity index (χ0v) is 6.84. The van der Waals surface area contributed by atoms with Gasteiger partial charge in [0.05, 0.1) is 6.10 Å². The third-order valence-electron chi connectivity index (χ3n) is 2.26. The van der Waals surface area contributed by atoms with Crippen LogP contribution in [0.1, 0.15) is 26.2 Å². The quantitative estimate of drug-likeness (QED) is 0.578. The van der Waals surface area contributed by atoms with Gasteiger partial charge in [-0.1, -0.05) is 12.2 Å². The Morgan fingerprint density at radius 2 is 2.36 bits per heavy atom. The van der Waals surface area contributed by atoms with Gasteiger partial charge in [0.1, 0.15) is 5.78 Å². The zero-order chi connectivity index (χ0) is 8.43. The van der Waals surface area contributed by atoms with Crippen LogP contribution < -0.4 is 0 Å². The molecule has 0 bridgehead atoms. The first kappa shape index (κ1) is 8.47. The molecule has 11 heavy (non-hydrogen) atoms. The van der Waals surface area contributed by atoms with E-state index in [1.807, 2.05) is 6.92 Å². The van der Waals surface area contributed by atoms with Crippen molar-refractivity contribution in [2.45, 2.75) is 32.3 Å². The molecule has 2 unspecified atom stereocenters. The first-order chi connectivity index (χ1) is 5.11. The smallest absolute Gasteiger partial charge is 0.133 e. The van der Waals surface area contributed by atoms with Gasteiger partial charge in [-0.15, -0.1) is 0 Å². The van der Waals surface area contributed by atoms with Crippen LogP contribution in [0.25, 0.3) is 0 Å². The summed E-state index contributed by atoms with van der Waals surface area (Å²) in [5.74, 6) is 0.263. The van der Waals surface area contributed by atoms with E-state index in [-0.39, 0.29) is 17.8 Å². The van der Waals surface area contributed by atoms with Crippen molar-refractivity contribution >= 4 is 5.78 Å². The maximum atomic E-state index is 11.0. The Hall–Kier alpha value is -0.630. The Kier molecular flexibility index (Phi) is 2.45. The highest BCUT2D eigenvalue weighted by Gasteiger charge is 2.27. The minimum absolute atomic E-state index is 0.0104. The molecule has 2 nitrogen and oxygen atoms in total. The molecule has 0 aromatic heterocycles. The first-order valence-corrected chi connectivity index (χ1v) is 3.96. The Bertz CT molecular complexity index is 184. The molecule has 0 aromatic carbocycles. The van der Waals surface area contributed by atoms with Crippen LogP contribution in [0.15, 0.2) is 12.2 Å². The molecule has 1 aliphatic carbocycles. The molecule has 2 atom stereocenters. The zero-order valence-electron chi connectivity index (χ0n) is 6.84. The van der Waals surface area contributed by atoms with Crippen molar-refractivity contribution in [1.82, 2.24) is 0 Å². The summed E-state index contributed by atoms with van der Waals surface area (Å²) >= 11 is 0. The summed E-state index contributed by atoms with van der Waals surface area (Å²) in [6.07, 6.45) is 1.28. The van der Waals surface area contributed by atoms with Gasteiger partial charge < -0.3 is 5.11 Å². The molecule has 0 saturated heterocycles. The Morgan fingerprint density at radius 1 is 1.73 bits per heavy atom. The predicted molar refractivity (Wildman–Crippen MR) is 43.2 cm³/mol. The Balaban J connectivity index is 2.61. The second kappa shape index (κ2) is 3.18. The maximum absolute atomic E-state index is 11.0. The summed E-state index contributed by atoms with van der Waals surface area (Å²) in [6.45, 7) is 5.62. The van der Waals surface area contributed by atoms with Crippen LogP contribution >= 0.6 is 0 Å². The highest BCUT2D eigenvalue weighted by atomic mass is 16.3. The average molecular weight is 154 g/mol. The molecule has 0 aromatic rings. The summed E-state index contributed by atoms with van der Waals surface area (Å²) in [5, 5.41) is 9.44. The highest BCUT2D eigenvalue weighted by molar-refractivity contribution is 5.79. The summed E-state index contributed by atoms with van der Waals surface area (Å²) < 4.78 is 0.